The Morgan fingerprint density at radius 2 is 1.69 bits per heavy atom. The molecule has 0 atom stereocenters. The van der Waals surface area contributed by atoms with Gasteiger partial charge in [-0.3, -0.25) is 4.79 Å². The number of hydrogen-bond donors (Lipinski definition) is 1. The van der Waals surface area contributed by atoms with Gasteiger partial charge in [0.25, 0.3) is 5.91 Å². The fourth-order valence-electron chi connectivity index (χ4n) is 2.99. The zero-order chi connectivity index (χ0) is 20.4. The first-order valence-corrected chi connectivity index (χ1v) is 10.4. The predicted molar refractivity (Wildman–Crippen MR) is 117 cm³/mol. The first-order valence-electron chi connectivity index (χ1n) is 8.68. The smallest absolute Gasteiger partial charge is 0.275 e. The third-order valence-electron chi connectivity index (χ3n) is 4.37. The molecule has 0 bridgehead atoms. The summed E-state index contributed by atoms with van der Waals surface area (Å²) >= 11 is 3.11. The van der Waals surface area contributed by atoms with Crippen LogP contribution >= 0.6 is 22.7 Å². The summed E-state index contributed by atoms with van der Waals surface area (Å²) in [5.74, 6) is 1.09. The van der Waals surface area contributed by atoms with Gasteiger partial charge in [-0.25, -0.2) is 4.98 Å². The van der Waals surface area contributed by atoms with E-state index in [1.807, 2.05) is 12.1 Å². The number of nitrogens with zero attached hydrogens (tertiary/aromatic N) is 1. The van der Waals surface area contributed by atoms with Gasteiger partial charge in [0.05, 0.1) is 21.3 Å². The van der Waals surface area contributed by atoms with Gasteiger partial charge in [0.15, 0.2) is 11.5 Å². The Kier molecular flexibility index (Phi) is 5.37. The van der Waals surface area contributed by atoms with Gasteiger partial charge in [-0.05, 0) is 6.07 Å². The Morgan fingerprint density at radius 3 is 2.38 bits per heavy atom. The van der Waals surface area contributed by atoms with Crippen LogP contribution in [0.25, 0.3) is 20.7 Å². The number of methoxy groups -OCH3 is 3. The number of hydrogen-bond acceptors (Lipinski definition) is 7. The quantitative estimate of drug-likeness (QED) is 0.453. The number of amides is 1. The first-order chi connectivity index (χ1) is 14.1. The van der Waals surface area contributed by atoms with Crippen molar-refractivity contribution in [1.82, 2.24) is 4.98 Å². The molecular formula is C21H18N2O4S2. The third kappa shape index (κ3) is 3.64. The van der Waals surface area contributed by atoms with E-state index in [0.29, 0.717) is 28.6 Å². The van der Waals surface area contributed by atoms with E-state index in [1.165, 1.54) is 37.4 Å². The van der Waals surface area contributed by atoms with E-state index in [2.05, 4.69) is 27.8 Å². The number of ether oxygens (including phenoxy) is 3. The fourth-order valence-corrected chi connectivity index (χ4v) is 4.84. The van der Waals surface area contributed by atoms with Crippen molar-refractivity contribution >= 4 is 44.4 Å². The van der Waals surface area contributed by atoms with E-state index in [4.69, 9.17) is 14.2 Å². The second-order valence-electron chi connectivity index (χ2n) is 6.05. The van der Waals surface area contributed by atoms with Crippen LogP contribution in [0.2, 0.25) is 0 Å². The van der Waals surface area contributed by atoms with Crippen LogP contribution < -0.4 is 19.5 Å². The van der Waals surface area contributed by atoms with Crippen molar-refractivity contribution in [3.63, 3.8) is 0 Å². The zero-order valence-corrected chi connectivity index (χ0v) is 17.6. The number of nitrogens with one attached hydrogen (secondary N) is 1. The van der Waals surface area contributed by atoms with E-state index >= 15 is 0 Å². The number of aromatic nitrogens is 1. The minimum absolute atomic E-state index is 0.304. The maximum atomic E-state index is 12.7. The lowest BCUT2D eigenvalue weighted by atomic mass is 10.2. The monoisotopic (exact) mass is 426 g/mol. The van der Waals surface area contributed by atoms with Gasteiger partial charge in [-0.15, -0.1) is 22.7 Å². The largest absolute Gasteiger partial charge is 0.493 e. The van der Waals surface area contributed by atoms with Crippen molar-refractivity contribution in [2.24, 2.45) is 0 Å². The molecule has 8 heteroatoms. The molecular weight excluding hydrogens is 408 g/mol. The second-order valence-corrected chi connectivity index (χ2v) is 7.82. The van der Waals surface area contributed by atoms with Gasteiger partial charge >= 0.3 is 0 Å². The molecule has 4 aromatic rings. The Bertz CT molecular complexity index is 1160. The minimum Gasteiger partial charge on any atom is -0.493 e. The highest BCUT2D eigenvalue weighted by atomic mass is 32.1. The van der Waals surface area contributed by atoms with Crippen LogP contribution in [0.15, 0.2) is 47.2 Å². The molecule has 1 amide bonds. The molecule has 0 saturated heterocycles. The minimum atomic E-state index is -0.304. The first kappa shape index (κ1) is 19.2. The Balaban J connectivity index is 1.60. The number of thiophene rings is 1. The van der Waals surface area contributed by atoms with Gasteiger partial charge in [0, 0.05) is 44.2 Å². The summed E-state index contributed by atoms with van der Waals surface area (Å²) in [5, 5.41) is 8.64. The van der Waals surface area contributed by atoms with Crippen LogP contribution in [0.4, 0.5) is 5.69 Å². The molecule has 6 nitrogen and oxygen atoms in total. The van der Waals surface area contributed by atoms with E-state index < -0.39 is 0 Å². The number of thiazole rings is 1. The molecule has 0 spiro atoms. The van der Waals surface area contributed by atoms with E-state index in [9.17, 15) is 4.79 Å². The fraction of sp³-hybridized carbons (Fsp3) is 0.143. The lowest BCUT2D eigenvalue weighted by Crippen LogP contribution is -2.12. The van der Waals surface area contributed by atoms with Gasteiger partial charge < -0.3 is 19.5 Å². The highest BCUT2D eigenvalue weighted by molar-refractivity contribution is 7.19. The molecule has 2 aromatic carbocycles. The van der Waals surface area contributed by atoms with E-state index in [0.717, 1.165) is 16.0 Å². The number of anilines is 1. The van der Waals surface area contributed by atoms with Crippen LogP contribution in [0.3, 0.4) is 0 Å². The van der Waals surface area contributed by atoms with Crippen molar-refractivity contribution in [1.29, 1.82) is 0 Å². The standard InChI is InChI=1S/C21H18N2O4S2/c1-25-16-8-12(9-17(26-2)19(16)27-3)22-20(24)15-11-29-21(23-15)14-10-28-18-7-5-4-6-13(14)18/h4-11H,1-3H3,(H,22,24). The number of rotatable bonds is 6. The predicted octanol–water partition coefficient (Wildman–Crippen LogP) is 5.30. The number of carbonyl (C=O) groups is 1. The molecule has 0 aliphatic carbocycles. The molecule has 0 aliphatic heterocycles. The molecule has 4 rings (SSSR count). The van der Waals surface area contributed by atoms with Crippen molar-refractivity contribution in [3.05, 3.63) is 52.9 Å². The molecule has 0 fully saturated rings. The number of carbonyl (C=O) groups excluding carboxylic acids is 1. The number of benzene rings is 2. The summed E-state index contributed by atoms with van der Waals surface area (Å²) < 4.78 is 17.2. The van der Waals surface area contributed by atoms with Crippen molar-refractivity contribution in [3.8, 4) is 27.8 Å². The molecule has 0 saturated carbocycles. The molecule has 148 valence electrons. The average Bonchev–Trinajstić information content (AvgIpc) is 3.40. The van der Waals surface area contributed by atoms with Gasteiger partial charge in [-0.1, -0.05) is 18.2 Å². The summed E-state index contributed by atoms with van der Waals surface area (Å²) in [6.45, 7) is 0. The topological polar surface area (TPSA) is 69.7 Å². The van der Waals surface area contributed by atoms with E-state index in [-0.39, 0.29) is 5.91 Å². The van der Waals surface area contributed by atoms with Crippen molar-refractivity contribution < 1.29 is 19.0 Å². The van der Waals surface area contributed by atoms with Gasteiger partial charge in [0.1, 0.15) is 10.7 Å². The van der Waals surface area contributed by atoms with Crippen LogP contribution in [0, 0.1) is 0 Å². The molecule has 0 aliphatic rings. The molecule has 0 radical (unpaired) electrons. The molecule has 29 heavy (non-hydrogen) atoms. The SMILES string of the molecule is COc1cc(NC(=O)c2csc(-c3csc4ccccc34)n2)cc(OC)c1OC. The number of fused-ring (bicyclic) bond motifs is 1. The highest BCUT2D eigenvalue weighted by Gasteiger charge is 2.18. The maximum Gasteiger partial charge on any atom is 0.275 e. The average molecular weight is 427 g/mol. The van der Waals surface area contributed by atoms with Crippen LogP contribution in [-0.4, -0.2) is 32.2 Å². The van der Waals surface area contributed by atoms with Crippen molar-refractivity contribution in [2.75, 3.05) is 26.6 Å². The lowest BCUT2D eigenvalue weighted by molar-refractivity contribution is 0.102. The Hall–Kier alpha value is -3.10. The summed E-state index contributed by atoms with van der Waals surface area (Å²) in [6, 6.07) is 11.5. The van der Waals surface area contributed by atoms with Crippen LogP contribution in [0.1, 0.15) is 10.5 Å². The maximum absolute atomic E-state index is 12.7. The second kappa shape index (κ2) is 8.10. The molecule has 2 heterocycles. The third-order valence-corrected chi connectivity index (χ3v) is 6.21. The highest BCUT2D eigenvalue weighted by Crippen LogP contribution is 2.40. The lowest BCUT2D eigenvalue weighted by Gasteiger charge is -2.14. The molecule has 1 N–H and O–H groups in total. The zero-order valence-electron chi connectivity index (χ0n) is 16.0. The van der Waals surface area contributed by atoms with Crippen LogP contribution in [-0.2, 0) is 0 Å². The molecule has 2 aromatic heterocycles. The van der Waals surface area contributed by atoms with Crippen LogP contribution in [0.5, 0.6) is 17.2 Å². The normalized spacial score (nSPS) is 10.7. The summed E-state index contributed by atoms with van der Waals surface area (Å²) in [5.41, 5.74) is 1.93. The summed E-state index contributed by atoms with van der Waals surface area (Å²) in [7, 11) is 4.59. The van der Waals surface area contributed by atoms with Gasteiger partial charge in [-0.2, -0.15) is 0 Å². The van der Waals surface area contributed by atoms with Gasteiger partial charge in [0.2, 0.25) is 5.75 Å². The summed E-state index contributed by atoms with van der Waals surface area (Å²) in [6.07, 6.45) is 0. The van der Waals surface area contributed by atoms with Crippen molar-refractivity contribution in [2.45, 2.75) is 0 Å². The van der Waals surface area contributed by atoms with E-state index in [1.54, 1.807) is 28.8 Å². The molecule has 0 unspecified atom stereocenters. The Morgan fingerprint density at radius 1 is 0.966 bits per heavy atom. The Labute approximate surface area is 175 Å². The summed E-state index contributed by atoms with van der Waals surface area (Å²) in [4.78, 5) is 17.3.